The monoisotopic (exact) mass is 599 g/mol. The van der Waals surface area contributed by atoms with Gasteiger partial charge in [-0.25, -0.2) is 4.79 Å². The SMILES string of the molecule is CCCCCCCCCCCCCCCC(O)C(CCCCCCCCCCCCCC)C(=O)NC(CS)C(=O)O. The van der Waals surface area contributed by atoms with Crippen molar-refractivity contribution in [1.82, 2.24) is 5.32 Å². The summed E-state index contributed by atoms with van der Waals surface area (Å²) in [5.41, 5.74) is 0. The Morgan fingerprint density at radius 3 is 1.20 bits per heavy atom. The minimum Gasteiger partial charge on any atom is -0.480 e. The number of nitrogens with one attached hydrogen (secondary N) is 1. The van der Waals surface area contributed by atoms with Crippen molar-refractivity contribution in [3.05, 3.63) is 0 Å². The van der Waals surface area contributed by atoms with Gasteiger partial charge >= 0.3 is 5.97 Å². The number of carboxylic acid groups (broad SMARTS) is 1. The van der Waals surface area contributed by atoms with Gasteiger partial charge in [0.05, 0.1) is 12.0 Å². The fourth-order valence-electron chi connectivity index (χ4n) is 5.74. The highest BCUT2D eigenvalue weighted by atomic mass is 32.1. The highest BCUT2D eigenvalue weighted by molar-refractivity contribution is 7.80. The van der Waals surface area contributed by atoms with Crippen molar-refractivity contribution in [3.63, 3.8) is 0 Å². The van der Waals surface area contributed by atoms with Crippen LogP contribution in [0.4, 0.5) is 0 Å². The van der Waals surface area contributed by atoms with E-state index in [-0.39, 0.29) is 11.7 Å². The number of carbonyl (C=O) groups excluding carboxylic acids is 1. The number of hydrogen-bond donors (Lipinski definition) is 4. The van der Waals surface area contributed by atoms with E-state index in [9.17, 15) is 19.8 Å². The molecule has 0 aromatic carbocycles. The van der Waals surface area contributed by atoms with Gasteiger partial charge in [-0.1, -0.05) is 174 Å². The molecule has 0 aliphatic rings. The van der Waals surface area contributed by atoms with Crippen LogP contribution in [0.3, 0.4) is 0 Å². The molecule has 0 aromatic rings. The molecule has 0 bridgehead atoms. The topological polar surface area (TPSA) is 86.6 Å². The summed E-state index contributed by atoms with van der Waals surface area (Å²) in [6, 6.07) is -1.01. The molecule has 41 heavy (non-hydrogen) atoms. The van der Waals surface area contributed by atoms with Crippen LogP contribution < -0.4 is 5.32 Å². The lowest BCUT2D eigenvalue weighted by atomic mass is 9.90. The molecule has 1 amide bonds. The van der Waals surface area contributed by atoms with Gasteiger partial charge in [-0.15, -0.1) is 0 Å². The first-order valence-corrected chi connectivity index (χ1v) is 18.4. The Bertz CT molecular complexity index is 589. The molecule has 0 aliphatic carbocycles. The van der Waals surface area contributed by atoms with E-state index in [0.717, 1.165) is 32.1 Å². The highest BCUT2D eigenvalue weighted by Crippen LogP contribution is 2.21. The first-order valence-electron chi connectivity index (χ1n) is 17.8. The Labute approximate surface area is 260 Å². The third-order valence-electron chi connectivity index (χ3n) is 8.57. The zero-order valence-electron chi connectivity index (χ0n) is 27.2. The van der Waals surface area contributed by atoms with E-state index in [0.29, 0.717) is 12.8 Å². The summed E-state index contributed by atoms with van der Waals surface area (Å²) in [5, 5.41) is 22.9. The van der Waals surface area contributed by atoms with Crippen molar-refractivity contribution in [3.8, 4) is 0 Å². The van der Waals surface area contributed by atoms with Gasteiger partial charge in [0, 0.05) is 5.75 Å². The van der Waals surface area contributed by atoms with Crippen LogP contribution in [0.15, 0.2) is 0 Å². The number of carbonyl (C=O) groups is 2. The minimum absolute atomic E-state index is 0.0430. The van der Waals surface area contributed by atoms with E-state index in [2.05, 4.69) is 31.8 Å². The van der Waals surface area contributed by atoms with E-state index in [1.165, 1.54) is 128 Å². The summed E-state index contributed by atoms with van der Waals surface area (Å²) in [6.45, 7) is 4.52. The lowest BCUT2D eigenvalue weighted by molar-refractivity contribution is -0.142. The van der Waals surface area contributed by atoms with Crippen LogP contribution in [0.1, 0.15) is 187 Å². The van der Waals surface area contributed by atoms with Gasteiger partial charge in [-0.3, -0.25) is 4.79 Å². The standard InChI is InChI=1S/C35H69NO4S/c1-3-5-7-9-11-13-15-17-19-21-23-25-27-29-33(37)31(34(38)36-32(30-41)35(39)40)28-26-24-22-20-18-16-14-12-10-8-6-4-2/h31-33,37,41H,3-30H2,1-2H3,(H,36,38)(H,39,40). The number of thiol groups is 1. The number of rotatable bonds is 32. The van der Waals surface area contributed by atoms with Crippen LogP contribution in [0.2, 0.25) is 0 Å². The number of carboxylic acids is 1. The number of hydrogen-bond acceptors (Lipinski definition) is 4. The molecule has 0 spiro atoms. The summed E-state index contributed by atoms with van der Waals surface area (Å²) < 4.78 is 0. The van der Waals surface area contributed by atoms with Gasteiger partial charge in [0.15, 0.2) is 0 Å². The third-order valence-corrected chi connectivity index (χ3v) is 8.94. The molecule has 0 aliphatic heterocycles. The molecule has 0 fully saturated rings. The quantitative estimate of drug-likeness (QED) is 0.0458. The lowest BCUT2D eigenvalue weighted by Crippen LogP contribution is -2.47. The molecular weight excluding hydrogens is 530 g/mol. The van der Waals surface area contributed by atoms with Crippen LogP contribution in [-0.4, -0.2) is 40.0 Å². The molecule has 3 N–H and O–H groups in total. The van der Waals surface area contributed by atoms with Crippen LogP contribution >= 0.6 is 12.6 Å². The largest absolute Gasteiger partial charge is 0.480 e. The Balaban J connectivity index is 4.21. The Hall–Kier alpha value is -0.750. The van der Waals surface area contributed by atoms with Crippen molar-refractivity contribution in [2.75, 3.05) is 5.75 Å². The predicted molar refractivity (Wildman–Crippen MR) is 179 cm³/mol. The highest BCUT2D eigenvalue weighted by Gasteiger charge is 2.29. The number of aliphatic hydroxyl groups is 1. The average Bonchev–Trinajstić information content (AvgIpc) is 2.96. The zero-order chi connectivity index (χ0) is 30.4. The van der Waals surface area contributed by atoms with Crippen molar-refractivity contribution < 1.29 is 19.8 Å². The molecular formula is C35H69NO4S. The van der Waals surface area contributed by atoms with Gasteiger partial charge in [-0.05, 0) is 12.8 Å². The summed E-state index contributed by atoms with van der Waals surface area (Å²) in [6.07, 6.45) is 32.1. The van der Waals surface area contributed by atoms with Crippen LogP contribution in [0, 0.1) is 5.92 Å². The van der Waals surface area contributed by atoms with Crippen molar-refractivity contribution in [2.24, 2.45) is 5.92 Å². The molecule has 0 radical (unpaired) electrons. The second-order valence-electron chi connectivity index (χ2n) is 12.5. The number of aliphatic hydroxyl groups excluding tert-OH is 1. The zero-order valence-corrected chi connectivity index (χ0v) is 28.1. The normalized spacial score (nSPS) is 13.7. The third kappa shape index (κ3) is 25.5. The summed E-state index contributed by atoms with van der Waals surface area (Å²) in [4.78, 5) is 24.4. The van der Waals surface area contributed by atoms with E-state index < -0.39 is 24.0 Å². The Morgan fingerprint density at radius 2 is 0.878 bits per heavy atom. The maximum Gasteiger partial charge on any atom is 0.327 e. The molecule has 0 saturated heterocycles. The van der Waals surface area contributed by atoms with Crippen molar-refractivity contribution >= 4 is 24.5 Å². The van der Waals surface area contributed by atoms with Gasteiger partial charge < -0.3 is 15.5 Å². The fourth-order valence-corrected chi connectivity index (χ4v) is 5.99. The molecule has 3 unspecified atom stereocenters. The molecule has 0 rings (SSSR count). The number of unbranched alkanes of at least 4 members (excludes halogenated alkanes) is 23. The molecule has 0 heterocycles. The smallest absolute Gasteiger partial charge is 0.327 e. The van der Waals surface area contributed by atoms with Crippen LogP contribution in [0.5, 0.6) is 0 Å². The summed E-state index contributed by atoms with van der Waals surface area (Å²) in [5.74, 6) is -1.92. The average molecular weight is 600 g/mol. The molecule has 5 nitrogen and oxygen atoms in total. The van der Waals surface area contributed by atoms with Crippen LogP contribution in [0.25, 0.3) is 0 Å². The Kier molecular flexibility index (Phi) is 30.1. The van der Waals surface area contributed by atoms with Gasteiger partial charge in [0.2, 0.25) is 5.91 Å². The second-order valence-corrected chi connectivity index (χ2v) is 12.8. The molecule has 0 aromatic heterocycles. The van der Waals surface area contributed by atoms with E-state index in [1.807, 2.05) is 0 Å². The Morgan fingerprint density at radius 1 is 0.561 bits per heavy atom. The number of amides is 1. The van der Waals surface area contributed by atoms with E-state index in [4.69, 9.17) is 0 Å². The van der Waals surface area contributed by atoms with Crippen molar-refractivity contribution in [1.29, 1.82) is 0 Å². The summed E-state index contributed by atoms with van der Waals surface area (Å²) in [7, 11) is 0. The lowest BCUT2D eigenvalue weighted by Gasteiger charge is -2.24. The van der Waals surface area contributed by atoms with E-state index >= 15 is 0 Å². The fraction of sp³-hybridized carbons (Fsp3) is 0.943. The molecule has 0 saturated carbocycles. The maximum absolute atomic E-state index is 13.0. The van der Waals surface area contributed by atoms with Crippen LogP contribution in [-0.2, 0) is 9.59 Å². The molecule has 3 atom stereocenters. The van der Waals surface area contributed by atoms with E-state index in [1.54, 1.807) is 0 Å². The first kappa shape index (κ1) is 40.2. The number of aliphatic carboxylic acids is 1. The summed E-state index contributed by atoms with van der Waals surface area (Å²) >= 11 is 4.08. The first-order chi connectivity index (χ1) is 20.0. The van der Waals surface area contributed by atoms with Crippen molar-refractivity contribution in [2.45, 2.75) is 199 Å². The maximum atomic E-state index is 13.0. The predicted octanol–water partition coefficient (Wildman–Crippen LogP) is 10.0. The minimum atomic E-state index is -1.08. The van der Waals surface area contributed by atoms with Gasteiger partial charge in [0.1, 0.15) is 6.04 Å². The molecule has 6 heteroatoms. The van der Waals surface area contributed by atoms with Gasteiger partial charge in [-0.2, -0.15) is 12.6 Å². The van der Waals surface area contributed by atoms with Gasteiger partial charge in [0.25, 0.3) is 0 Å². The second kappa shape index (κ2) is 30.7. The molecule has 244 valence electrons.